The largest absolute Gasteiger partial charge is 0.368 e. The molecule has 3 saturated heterocycles. The number of likely N-dealkylation sites (tertiary alicyclic amines) is 1. The predicted molar refractivity (Wildman–Crippen MR) is 94.1 cm³/mol. The van der Waals surface area contributed by atoms with Gasteiger partial charge in [0, 0.05) is 52.9 Å². The van der Waals surface area contributed by atoms with Crippen LogP contribution in [0.2, 0.25) is 0 Å². The third-order valence-electron chi connectivity index (χ3n) is 5.35. The lowest BCUT2D eigenvalue weighted by Crippen LogP contribution is -2.55. The molecule has 2 atom stereocenters. The van der Waals surface area contributed by atoms with Crippen molar-refractivity contribution in [2.75, 3.05) is 66.5 Å². The van der Waals surface area contributed by atoms with Crippen LogP contribution < -0.4 is 5.32 Å². The fourth-order valence-electron chi connectivity index (χ4n) is 3.88. The molecular formula is C17H31N5O2. The van der Waals surface area contributed by atoms with Crippen LogP contribution in [0.1, 0.15) is 19.3 Å². The summed E-state index contributed by atoms with van der Waals surface area (Å²) in [5, 5.41) is 3.52. The number of rotatable bonds is 3. The molecule has 1 N–H and O–H groups in total. The van der Waals surface area contributed by atoms with Crippen LogP contribution in [0.4, 0.5) is 0 Å². The third-order valence-corrected chi connectivity index (χ3v) is 5.35. The molecule has 0 aromatic carbocycles. The van der Waals surface area contributed by atoms with Crippen molar-refractivity contribution in [2.45, 2.75) is 25.4 Å². The molecule has 0 bridgehead atoms. The van der Waals surface area contributed by atoms with Crippen LogP contribution in [0.5, 0.6) is 0 Å². The Morgan fingerprint density at radius 1 is 1.17 bits per heavy atom. The third kappa shape index (κ3) is 4.19. The van der Waals surface area contributed by atoms with Crippen LogP contribution in [-0.2, 0) is 9.53 Å². The fourth-order valence-corrected chi connectivity index (χ4v) is 3.88. The quantitative estimate of drug-likeness (QED) is 0.573. The SMILES string of the molecule is CN=C(NCC1CCN(C)C1)N1CCN(C(=O)C2CCCO2)CC1. The highest BCUT2D eigenvalue weighted by Gasteiger charge is 2.31. The van der Waals surface area contributed by atoms with Crippen molar-refractivity contribution in [3.8, 4) is 0 Å². The monoisotopic (exact) mass is 337 g/mol. The summed E-state index contributed by atoms with van der Waals surface area (Å²) in [5.74, 6) is 1.84. The molecule has 3 rings (SSSR count). The lowest BCUT2D eigenvalue weighted by atomic mass is 10.1. The van der Waals surface area contributed by atoms with Crippen LogP contribution in [0.3, 0.4) is 0 Å². The molecule has 1 amide bonds. The first-order valence-corrected chi connectivity index (χ1v) is 9.22. The van der Waals surface area contributed by atoms with Crippen molar-refractivity contribution >= 4 is 11.9 Å². The van der Waals surface area contributed by atoms with E-state index in [0.717, 1.165) is 64.7 Å². The van der Waals surface area contributed by atoms with Crippen molar-refractivity contribution in [2.24, 2.45) is 10.9 Å². The summed E-state index contributed by atoms with van der Waals surface area (Å²) in [5.41, 5.74) is 0. The molecule has 0 radical (unpaired) electrons. The lowest BCUT2D eigenvalue weighted by molar-refractivity contribution is -0.142. The van der Waals surface area contributed by atoms with Crippen LogP contribution in [0.25, 0.3) is 0 Å². The first-order valence-electron chi connectivity index (χ1n) is 9.22. The van der Waals surface area contributed by atoms with Crippen LogP contribution in [0, 0.1) is 5.92 Å². The van der Waals surface area contributed by atoms with E-state index in [2.05, 4.69) is 27.2 Å². The Kier molecular flexibility index (Phi) is 5.94. The summed E-state index contributed by atoms with van der Waals surface area (Å²) in [4.78, 5) is 23.4. The second kappa shape index (κ2) is 8.16. The maximum Gasteiger partial charge on any atom is 0.251 e. The van der Waals surface area contributed by atoms with Gasteiger partial charge in [0.1, 0.15) is 6.10 Å². The molecule has 7 heteroatoms. The van der Waals surface area contributed by atoms with Crippen molar-refractivity contribution < 1.29 is 9.53 Å². The van der Waals surface area contributed by atoms with Gasteiger partial charge in [-0.05, 0) is 38.8 Å². The molecule has 0 aliphatic carbocycles. The van der Waals surface area contributed by atoms with Gasteiger partial charge in [-0.3, -0.25) is 9.79 Å². The van der Waals surface area contributed by atoms with Gasteiger partial charge in [0.05, 0.1) is 0 Å². The van der Waals surface area contributed by atoms with Crippen molar-refractivity contribution in [1.82, 2.24) is 20.0 Å². The first-order chi connectivity index (χ1) is 11.7. The summed E-state index contributed by atoms with van der Waals surface area (Å²) in [6, 6.07) is 0. The summed E-state index contributed by atoms with van der Waals surface area (Å²) < 4.78 is 5.52. The van der Waals surface area contributed by atoms with Gasteiger partial charge in [-0.2, -0.15) is 0 Å². The highest BCUT2D eigenvalue weighted by molar-refractivity contribution is 5.82. The van der Waals surface area contributed by atoms with E-state index in [0.29, 0.717) is 5.92 Å². The Balaban J connectivity index is 1.43. The maximum absolute atomic E-state index is 12.4. The van der Waals surface area contributed by atoms with Gasteiger partial charge in [0.15, 0.2) is 5.96 Å². The molecule has 3 aliphatic rings. The van der Waals surface area contributed by atoms with Gasteiger partial charge in [0.2, 0.25) is 0 Å². The molecular weight excluding hydrogens is 306 g/mol. The van der Waals surface area contributed by atoms with Gasteiger partial charge >= 0.3 is 0 Å². The number of aliphatic imine (C=N–C) groups is 1. The number of carbonyl (C=O) groups excluding carboxylic acids is 1. The molecule has 3 heterocycles. The highest BCUT2D eigenvalue weighted by Crippen LogP contribution is 2.16. The minimum Gasteiger partial charge on any atom is -0.368 e. The summed E-state index contributed by atoms with van der Waals surface area (Å²) in [7, 11) is 4.02. The van der Waals surface area contributed by atoms with Crippen LogP contribution >= 0.6 is 0 Å². The molecule has 24 heavy (non-hydrogen) atoms. The van der Waals surface area contributed by atoms with Crippen molar-refractivity contribution in [1.29, 1.82) is 0 Å². The number of nitrogens with one attached hydrogen (secondary N) is 1. The average molecular weight is 337 g/mol. The van der Waals surface area contributed by atoms with Gasteiger partial charge < -0.3 is 24.8 Å². The predicted octanol–water partition coefficient (Wildman–Crippen LogP) is -0.163. The fraction of sp³-hybridized carbons (Fsp3) is 0.882. The summed E-state index contributed by atoms with van der Waals surface area (Å²) in [6.45, 7) is 7.24. The van der Waals surface area contributed by atoms with E-state index in [1.165, 1.54) is 13.0 Å². The van der Waals surface area contributed by atoms with E-state index >= 15 is 0 Å². The molecule has 0 aromatic heterocycles. The number of piperazine rings is 1. The zero-order chi connectivity index (χ0) is 16.9. The molecule has 7 nitrogen and oxygen atoms in total. The topological polar surface area (TPSA) is 60.4 Å². The van der Waals surface area contributed by atoms with Gasteiger partial charge in [-0.25, -0.2) is 0 Å². The minimum absolute atomic E-state index is 0.170. The molecule has 2 unspecified atom stereocenters. The van der Waals surface area contributed by atoms with E-state index in [9.17, 15) is 4.79 Å². The van der Waals surface area contributed by atoms with E-state index in [1.54, 1.807) is 0 Å². The standard InChI is InChI=1S/C17H31N5O2/c1-18-17(19-12-14-5-6-20(2)13-14)22-9-7-21(8-10-22)16(23)15-4-3-11-24-15/h14-15H,3-13H2,1-2H3,(H,18,19). The smallest absolute Gasteiger partial charge is 0.251 e. The van der Waals surface area contributed by atoms with Gasteiger partial charge in [0.25, 0.3) is 5.91 Å². The highest BCUT2D eigenvalue weighted by atomic mass is 16.5. The van der Waals surface area contributed by atoms with Gasteiger partial charge in [-0.15, -0.1) is 0 Å². The Morgan fingerprint density at radius 2 is 1.92 bits per heavy atom. The first kappa shape index (κ1) is 17.5. The number of guanidine groups is 1. The Bertz CT molecular complexity index is 456. The molecule has 136 valence electrons. The van der Waals surface area contributed by atoms with Gasteiger partial charge in [-0.1, -0.05) is 0 Å². The Morgan fingerprint density at radius 3 is 2.50 bits per heavy atom. The second-order valence-corrected chi connectivity index (χ2v) is 7.16. The summed E-state index contributed by atoms with van der Waals surface area (Å²) >= 11 is 0. The number of ether oxygens (including phenoxy) is 1. The maximum atomic E-state index is 12.4. The van der Waals surface area contributed by atoms with E-state index in [1.807, 2.05) is 11.9 Å². The number of carbonyl (C=O) groups is 1. The zero-order valence-electron chi connectivity index (χ0n) is 15.0. The molecule has 0 saturated carbocycles. The van der Waals surface area contributed by atoms with Crippen molar-refractivity contribution in [3.63, 3.8) is 0 Å². The average Bonchev–Trinajstić information content (AvgIpc) is 3.27. The van der Waals surface area contributed by atoms with E-state index in [-0.39, 0.29) is 12.0 Å². The van der Waals surface area contributed by atoms with Crippen LogP contribution in [-0.4, -0.2) is 99.2 Å². The minimum atomic E-state index is -0.201. The van der Waals surface area contributed by atoms with E-state index in [4.69, 9.17) is 4.74 Å². The summed E-state index contributed by atoms with van der Waals surface area (Å²) in [6.07, 6.45) is 2.93. The lowest BCUT2D eigenvalue weighted by Gasteiger charge is -2.37. The number of hydrogen-bond donors (Lipinski definition) is 1. The Hall–Kier alpha value is -1.34. The molecule has 0 spiro atoms. The second-order valence-electron chi connectivity index (χ2n) is 7.16. The normalized spacial score (nSPS) is 29.3. The number of amides is 1. The zero-order valence-corrected chi connectivity index (χ0v) is 15.0. The van der Waals surface area contributed by atoms with Crippen LogP contribution in [0.15, 0.2) is 4.99 Å². The van der Waals surface area contributed by atoms with E-state index < -0.39 is 0 Å². The van der Waals surface area contributed by atoms with Crippen molar-refractivity contribution in [3.05, 3.63) is 0 Å². The Labute approximate surface area is 145 Å². The molecule has 0 aromatic rings. The molecule has 3 fully saturated rings. The molecule has 3 aliphatic heterocycles. The number of hydrogen-bond acceptors (Lipinski definition) is 4. The number of nitrogens with zero attached hydrogens (tertiary/aromatic N) is 4.